The average Bonchev–Trinajstić information content (AvgIpc) is 1.76. The van der Waals surface area contributed by atoms with Crippen LogP contribution in [0.1, 0.15) is 6.42 Å². The molecule has 0 saturated carbocycles. The first kappa shape index (κ1) is 54.7. The summed E-state index contributed by atoms with van der Waals surface area (Å²) in [5, 5.41) is 0. The Morgan fingerprint density at radius 3 is 1.42 bits per heavy atom. The Morgan fingerprint density at radius 1 is 0.917 bits per heavy atom. The molecule has 0 aliphatic heterocycles. The zero-order chi connectivity index (χ0) is 3.54. The van der Waals surface area contributed by atoms with E-state index in [2.05, 4.69) is 12.2 Å². The van der Waals surface area contributed by atoms with Crippen LogP contribution in [0.2, 0.25) is 0 Å². The van der Waals surface area contributed by atoms with Crippen LogP contribution in [0.25, 0.3) is 0 Å². The molecule has 1 aliphatic carbocycles. The molecular formula is C10H21ClTi-6. The monoisotopic (exact) mass is 224 g/mol. The second-order valence-corrected chi connectivity index (χ2v) is 1.00. The molecular weight excluding hydrogens is 203 g/mol. The number of allylic oxidation sites excluding steroid dienone is 4. The van der Waals surface area contributed by atoms with E-state index in [9.17, 15) is 0 Å². The Hall–Kier alpha value is 0.484. The third kappa shape index (κ3) is 31.4. The maximum atomic E-state index is 2.99. The molecule has 0 nitrogen and oxygen atoms in total. The Labute approximate surface area is 102 Å². The maximum Gasteiger partial charge on any atom is 0 e. The third-order valence-electron chi connectivity index (χ3n) is 0.586. The van der Waals surface area contributed by atoms with Crippen molar-refractivity contribution in [1.29, 1.82) is 0 Å². The van der Waals surface area contributed by atoms with Gasteiger partial charge in [0.1, 0.15) is 0 Å². The summed E-state index contributed by atoms with van der Waals surface area (Å²) in [6.07, 6.45) is 10.0. The minimum absolute atomic E-state index is 0. The first-order valence-electron chi connectivity index (χ1n) is 1.72. The van der Waals surface area contributed by atoms with Crippen LogP contribution in [-0.2, 0) is 21.7 Å². The van der Waals surface area contributed by atoms with Gasteiger partial charge in [-0.3, -0.25) is 6.08 Å². The van der Waals surface area contributed by atoms with E-state index in [0.29, 0.717) is 0 Å². The van der Waals surface area contributed by atoms with Crippen LogP contribution in [0, 0.1) is 43.2 Å². The molecule has 78 valence electrons. The summed E-state index contributed by atoms with van der Waals surface area (Å²) < 4.78 is 0. The summed E-state index contributed by atoms with van der Waals surface area (Å²) in [6, 6.07) is 0. The molecule has 0 atom stereocenters. The van der Waals surface area contributed by atoms with Gasteiger partial charge in [0.25, 0.3) is 0 Å². The number of halogens is 1. The number of hydrogen-bond acceptors (Lipinski definition) is 0. The Morgan fingerprint density at radius 2 is 1.33 bits per heavy atom. The molecule has 0 N–H and O–H groups in total. The van der Waals surface area contributed by atoms with Gasteiger partial charge in [-0.1, -0.05) is 0 Å². The van der Waals surface area contributed by atoms with E-state index in [0.717, 1.165) is 6.42 Å². The van der Waals surface area contributed by atoms with Crippen molar-refractivity contribution in [3.63, 3.8) is 0 Å². The minimum Gasteiger partial charge on any atom is -0.358 e. The summed E-state index contributed by atoms with van der Waals surface area (Å²) in [5.74, 6) is 0. The SMILES string of the molecule is Cl.[C-]1=CC=CC1.[CH3-].[CH3-].[CH3-].[CH3-].[CH3-].[Ti]. The van der Waals surface area contributed by atoms with Crippen LogP contribution in [0.15, 0.2) is 18.2 Å². The van der Waals surface area contributed by atoms with Crippen LogP contribution in [0.4, 0.5) is 0 Å². The second kappa shape index (κ2) is 42.0. The van der Waals surface area contributed by atoms with E-state index in [1.54, 1.807) is 0 Å². The molecule has 0 amide bonds. The second-order valence-electron chi connectivity index (χ2n) is 1.00. The molecule has 0 spiro atoms. The maximum absolute atomic E-state index is 2.99. The Kier molecular flexibility index (Phi) is 191. The van der Waals surface area contributed by atoms with Crippen molar-refractivity contribution in [2.75, 3.05) is 0 Å². The predicted molar refractivity (Wildman–Crippen MR) is 60.9 cm³/mol. The molecule has 0 aromatic carbocycles. The first-order chi connectivity index (χ1) is 2.50. The zero-order valence-corrected chi connectivity index (χ0v) is 11.2. The normalized spacial score (nSPS) is 7.33. The summed E-state index contributed by atoms with van der Waals surface area (Å²) in [6.45, 7) is 0. The molecule has 2 heteroatoms. The third-order valence-corrected chi connectivity index (χ3v) is 0.586. The molecule has 0 heterocycles. The predicted octanol–water partition coefficient (Wildman–Crippen LogP) is 3.98. The van der Waals surface area contributed by atoms with E-state index >= 15 is 0 Å². The fraction of sp³-hybridized carbons (Fsp3) is 0.100. The van der Waals surface area contributed by atoms with E-state index in [1.165, 1.54) is 0 Å². The van der Waals surface area contributed by atoms with Crippen LogP contribution in [-0.4, -0.2) is 0 Å². The smallest absolute Gasteiger partial charge is 0 e. The van der Waals surface area contributed by atoms with E-state index in [4.69, 9.17) is 0 Å². The molecule has 0 fully saturated rings. The van der Waals surface area contributed by atoms with E-state index < -0.39 is 0 Å². The van der Waals surface area contributed by atoms with Gasteiger partial charge in [0.05, 0.1) is 0 Å². The summed E-state index contributed by atoms with van der Waals surface area (Å²) in [4.78, 5) is 0. The van der Waals surface area contributed by atoms with Crippen LogP contribution >= 0.6 is 12.4 Å². The van der Waals surface area contributed by atoms with Crippen molar-refractivity contribution < 1.29 is 21.7 Å². The molecule has 1 rings (SSSR count). The van der Waals surface area contributed by atoms with Crippen molar-refractivity contribution >= 4 is 12.4 Å². The summed E-state index contributed by atoms with van der Waals surface area (Å²) in [5.41, 5.74) is 0. The Bertz CT molecular complexity index is 67.9. The summed E-state index contributed by atoms with van der Waals surface area (Å²) >= 11 is 0. The van der Waals surface area contributed by atoms with Gasteiger partial charge >= 0.3 is 0 Å². The molecule has 1 aliphatic rings. The number of hydrogen-bond donors (Lipinski definition) is 0. The Balaban J connectivity index is -0.00000000714. The van der Waals surface area contributed by atoms with E-state index in [-0.39, 0.29) is 71.3 Å². The first-order valence-corrected chi connectivity index (χ1v) is 1.72. The van der Waals surface area contributed by atoms with Gasteiger partial charge in [0, 0.05) is 21.7 Å². The largest absolute Gasteiger partial charge is 0.358 e. The zero-order valence-electron chi connectivity index (χ0n) is 8.85. The van der Waals surface area contributed by atoms with Crippen LogP contribution in [0.3, 0.4) is 0 Å². The van der Waals surface area contributed by atoms with Crippen LogP contribution in [0.5, 0.6) is 0 Å². The average molecular weight is 225 g/mol. The minimum atomic E-state index is 0. The van der Waals surface area contributed by atoms with Crippen molar-refractivity contribution in [2.45, 2.75) is 6.42 Å². The molecule has 0 saturated heterocycles. The fourth-order valence-corrected chi connectivity index (χ4v) is 0.340. The molecule has 12 heavy (non-hydrogen) atoms. The molecule has 0 aromatic rings. The molecule has 0 aromatic heterocycles. The molecule has 0 radical (unpaired) electrons. The van der Waals surface area contributed by atoms with Gasteiger partial charge in [-0.15, -0.1) is 18.8 Å². The van der Waals surface area contributed by atoms with Crippen molar-refractivity contribution in [1.82, 2.24) is 0 Å². The van der Waals surface area contributed by atoms with Crippen LogP contribution < -0.4 is 0 Å². The van der Waals surface area contributed by atoms with Gasteiger partial charge < -0.3 is 37.1 Å². The fourth-order valence-electron chi connectivity index (χ4n) is 0.340. The molecule has 0 unspecified atom stereocenters. The van der Waals surface area contributed by atoms with Gasteiger partial charge in [-0.05, 0) is 0 Å². The van der Waals surface area contributed by atoms with Gasteiger partial charge in [-0.2, -0.15) is 6.08 Å². The van der Waals surface area contributed by atoms with Gasteiger partial charge in [0.15, 0.2) is 0 Å². The molecule has 0 bridgehead atoms. The van der Waals surface area contributed by atoms with Crippen molar-refractivity contribution in [3.05, 3.63) is 61.4 Å². The standard InChI is InChI=1S/C5H5.5CH3.ClH.Ti/c1-2-4-5-3-1;;;;;;;/h1-3H,4H2;5*1H3;1H;/q6*-1;;. The summed E-state index contributed by atoms with van der Waals surface area (Å²) in [7, 11) is 0. The van der Waals surface area contributed by atoms with Gasteiger partial charge in [0.2, 0.25) is 0 Å². The van der Waals surface area contributed by atoms with E-state index in [1.807, 2.05) is 12.2 Å². The topological polar surface area (TPSA) is 0 Å². The number of rotatable bonds is 0. The van der Waals surface area contributed by atoms with Crippen molar-refractivity contribution in [3.8, 4) is 0 Å². The van der Waals surface area contributed by atoms with Crippen molar-refractivity contribution in [2.24, 2.45) is 0 Å². The quantitative estimate of drug-likeness (QED) is 0.431. The van der Waals surface area contributed by atoms with Gasteiger partial charge in [-0.25, -0.2) is 12.2 Å².